The van der Waals surface area contributed by atoms with Gasteiger partial charge in [0.2, 0.25) is 0 Å². The maximum absolute atomic E-state index is 13.0. The Bertz CT molecular complexity index is 1110. The Balaban J connectivity index is 1.45. The van der Waals surface area contributed by atoms with Crippen LogP contribution in [0.4, 0.5) is 9.59 Å². The second-order valence-electron chi connectivity index (χ2n) is 9.75. The van der Waals surface area contributed by atoms with Gasteiger partial charge in [0.05, 0.1) is 5.92 Å². The van der Waals surface area contributed by atoms with Crippen LogP contribution in [0, 0.1) is 5.92 Å². The smallest absolute Gasteiger partial charge is 0.411 e. The van der Waals surface area contributed by atoms with E-state index in [2.05, 4.69) is 23.5 Å². The lowest BCUT2D eigenvalue weighted by Gasteiger charge is -2.37. The fraction of sp³-hybridized carbons (Fsp3) is 0.423. The molecule has 2 aliphatic rings. The number of carbonyl (C=O) groups excluding carboxylic acids is 2. The first kappa shape index (κ1) is 23.6. The van der Waals surface area contributed by atoms with Crippen LogP contribution in [0.3, 0.4) is 0 Å². The zero-order valence-corrected chi connectivity index (χ0v) is 19.7. The molecule has 1 aliphatic carbocycles. The number of aliphatic carboxylic acids is 1. The molecular weight excluding hydrogens is 436 g/mol. The first-order valence-electron chi connectivity index (χ1n) is 11.5. The maximum atomic E-state index is 13.0. The van der Waals surface area contributed by atoms with Gasteiger partial charge in [0.1, 0.15) is 18.4 Å². The monoisotopic (exact) mass is 466 g/mol. The van der Waals surface area contributed by atoms with E-state index in [9.17, 15) is 19.5 Å². The van der Waals surface area contributed by atoms with Crippen LogP contribution in [0.15, 0.2) is 42.5 Å². The molecule has 2 aromatic carbocycles. The third kappa shape index (κ3) is 5.16. The van der Waals surface area contributed by atoms with E-state index in [0.29, 0.717) is 0 Å². The SMILES string of the molecule is CC(C)(C)OC(=O)NC1CC(C(=O)O)CCN1C(=O)OCc1cccc2c1Cc1ccccc1-2. The summed E-state index contributed by atoms with van der Waals surface area (Å²) in [5.41, 5.74) is 4.94. The van der Waals surface area contributed by atoms with Crippen LogP contribution in [-0.2, 0) is 27.3 Å². The zero-order valence-electron chi connectivity index (χ0n) is 19.7. The van der Waals surface area contributed by atoms with Crippen molar-refractivity contribution in [2.75, 3.05) is 6.54 Å². The molecule has 0 aromatic heterocycles. The molecule has 0 spiro atoms. The average molecular weight is 467 g/mol. The van der Waals surface area contributed by atoms with Gasteiger partial charge in [0, 0.05) is 6.54 Å². The van der Waals surface area contributed by atoms with E-state index in [4.69, 9.17) is 9.47 Å². The van der Waals surface area contributed by atoms with Crippen molar-refractivity contribution in [1.82, 2.24) is 10.2 Å². The average Bonchev–Trinajstić information content (AvgIpc) is 3.15. The van der Waals surface area contributed by atoms with E-state index in [1.807, 2.05) is 24.3 Å². The van der Waals surface area contributed by atoms with E-state index in [1.54, 1.807) is 20.8 Å². The van der Waals surface area contributed by atoms with Gasteiger partial charge in [-0.2, -0.15) is 0 Å². The van der Waals surface area contributed by atoms with Crippen molar-refractivity contribution in [3.05, 3.63) is 59.2 Å². The minimum atomic E-state index is -0.955. The third-order valence-corrected chi connectivity index (χ3v) is 6.17. The second-order valence-corrected chi connectivity index (χ2v) is 9.75. The predicted octanol–water partition coefficient (Wildman–Crippen LogP) is 4.54. The van der Waals surface area contributed by atoms with E-state index in [-0.39, 0.29) is 26.0 Å². The lowest BCUT2D eigenvalue weighted by molar-refractivity contribution is -0.144. The summed E-state index contributed by atoms with van der Waals surface area (Å²) in [5.74, 6) is -1.62. The fourth-order valence-electron chi connectivity index (χ4n) is 4.57. The van der Waals surface area contributed by atoms with Crippen LogP contribution in [-0.4, -0.2) is 46.5 Å². The number of likely N-dealkylation sites (tertiary alicyclic amines) is 1. The van der Waals surface area contributed by atoms with Crippen molar-refractivity contribution in [3.63, 3.8) is 0 Å². The Morgan fingerprint density at radius 2 is 1.82 bits per heavy atom. The number of hydrogen-bond acceptors (Lipinski definition) is 5. The Hall–Kier alpha value is -3.55. The standard InChI is InChI=1S/C26H30N2O6/c1-26(2,3)34-24(31)27-22-14-17(23(29)30)11-12-28(22)25(32)33-15-18-8-6-10-20-19-9-5-4-7-16(19)13-21(18)20/h4-10,17,22H,11-15H2,1-3H3,(H,27,31)(H,29,30). The number of fused-ring (bicyclic) bond motifs is 3. The lowest BCUT2D eigenvalue weighted by Crippen LogP contribution is -2.56. The highest BCUT2D eigenvalue weighted by atomic mass is 16.6. The number of piperidine rings is 1. The Kier molecular flexibility index (Phi) is 6.50. The summed E-state index contributed by atoms with van der Waals surface area (Å²) < 4.78 is 10.9. The molecule has 2 amide bonds. The first-order chi connectivity index (χ1) is 16.1. The van der Waals surface area contributed by atoms with E-state index in [1.165, 1.54) is 16.0 Å². The minimum absolute atomic E-state index is 0.0831. The molecule has 1 heterocycles. The van der Waals surface area contributed by atoms with Gasteiger partial charge in [-0.25, -0.2) is 9.59 Å². The quantitative estimate of drug-likeness (QED) is 0.585. The number of alkyl carbamates (subject to hydrolysis) is 1. The normalized spacial score (nSPS) is 19.1. The highest BCUT2D eigenvalue weighted by molar-refractivity contribution is 5.78. The van der Waals surface area contributed by atoms with Gasteiger partial charge in [-0.1, -0.05) is 42.5 Å². The van der Waals surface area contributed by atoms with Gasteiger partial charge in [-0.3, -0.25) is 9.69 Å². The van der Waals surface area contributed by atoms with Crippen molar-refractivity contribution >= 4 is 18.2 Å². The van der Waals surface area contributed by atoms with Gasteiger partial charge in [0.25, 0.3) is 0 Å². The number of benzene rings is 2. The molecule has 2 N–H and O–H groups in total. The molecule has 8 nitrogen and oxygen atoms in total. The van der Waals surface area contributed by atoms with Crippen molar-refractivity contribution in [2.45, 2.75) is 58.4 Å². The van der Waals surface area contributed by atoms with Gasteiger partial charge in [-0.05, 0) is 67.9 Å². The number of ether oxygens (including phenoxy) is 2. The summed E-state index contributed by atoms with van der Waals surface area (Å²) in [6.07, 6.45) is -0.986. The largest absolute Gasteiger partial charge is 0.481 e. The molecule has 1 fully saturated rings. The number of nitrogens with zero attached hydrogens (tertiary/aromatic N) is 1. The van der Waals surface area contributed by atoms with Crippen LogP contribution in [0.1, 0.15) is 50.3 Å². The number of carboxylic acid groups (broad SMARTS) is 1. The predicted molar refractivity (Wildman–Crippen MR) is 125 cm³/mol. The van der Waals surface area contributed by atoms with Crippen LogP contribution in [0.5, 0.6) is 0 Å². The third-order valence-electron chi connectivity index (χ3n) is 6.17. The molecule has 8 heteroatoms. The Morgan fingerprint density at radius 3 is 2.56 bits per heavy atom. The van der Waals surface area contributed by atoms with E-state index < -0.39 is 35.8 Å². The lowest BCUT2D eigenvalue weighted by atomic mass is 9.95. The molecule has 34 heavy (non-hydrogen) atoms. The summed E-state index contributed by atoms with van der Waals surface area (Å²) >= 11 is 0. The molecule has 4 rings (SSSR count). The highest BCUT2D eigenvalue weighted by Crippen LogP contribution is 2.38. The molecule has 1 aliphatic heterocycles. The number of nitrogens with one attached hydrogen (secondary N) is 1. The molecular formula is C26H30N2O6. The number of rotatable bonds is 4. The second kappa shape index (κ2) is 9.37. The molecule has 0 bridgehead atoms. The molecule has 180 valence electrons. The van der Waals surface area contributed by atoms with Gasteiger partial charge >= 0.3 is 18.2 Å². The van der Waals surface area contributed by atoms with Gasteiger partial charge in [-0.15, -0.1) is 0 Å². The van der Waals surface area contributed by atoms with Crippen LogP contribution in [0.25, 0.3) is 11.1 Å². The molecule has 2 atom stereocenters. The van der Waals surface area contributed by atoms with Crippen molar-refractivity contribution < 1.29 is 29.0 Å². The fourth-order valence-corrected chi connectivity index (χ4v) is 4.57. The summed E-state index contributed by atoms with van der Waals surface area (Å²) in [4.78, 5) is 38.2. The van der Waals surface area contributed by atoms with Crippen molar-refractivity contribution in [3.8, 4) is 11.1 Å². The van der Waals surface area contributed by atoms with Crippen molar-refractivity contribution in [2.24, 2.45) is 5.92 Å². The summed E-state index contributed by atoms with van der Waals surface area (Å²) in [6, 6.07) is 14.2. The number of carboxylic acids is 1. The molecule has 1 saturated heterocycles. The molecule has 2 unspecified atom stereocenters. The van der Waals surface area contributed by atoms with E-state index >= 15 is 0 Å². The molecule has 0 radical (unpaired) electrons. The summed E-state index contributed by atoms with van der Waals surface area (Å²) in [6.45, 7) is 5.45. The molecule has 0 saturated carbocycles. The number of amides is 2. The van der Waals surface area contributed by atoms with Crippen LogP contribution < -0.4 is 5.32 Å². The number of carbonyl (C=O) groups is 3. The van der Waals surface area contributed by atoms with Crippen LogP contribution >= 0.6 is 0 Å². The highest BCUT2D eigenvalue weighted by Gasteiger charge is 2.37. The number of hydrogen-bond donors (Lipinski definition) is 2. The first-order valence-corrected chi connectivity index (χ1v) is 11.5. The van der Waals surface area contributed by atoms with Crippen molar-refractivity contribution in [1.29, 1.82) is 0 Å². The van der Waals surface area contributed by atoms with E-state index in [0.717, 1.165) is 23.1 Å². The summed E-state index contributed by atoms with van der Waals surface area (Å²) in [5, 5.41) is 12.1. The topological polar surface area (TPSA) is 105 Å². The minimum Gasteiger partial charge on any atom is -0.481 e. The molecule has 2 aromatic rings. The van der Waals surface area contributed by atoms with Gasteiger partial charge < -0.3 is 19.9 Å². The zero-order chi connectivity index (χ0) is 24.5. The van der Waals surface area contributed by atoms with Crippen LogP contribution in [0.2, 0.25) is 0 Å². The Morgan fingerprint density at radius 1 is 1.09 bits per heavy atom. The maximum Gasteiger partial charge on any atom is 0.411 e. The van der Waals surface area contributed by atoms with Gasteiger partial charge in [0.15, 0.2) is 0 Å². The summed E-state index contributed by atoms with van der Waals surface area (Å²) in [7, 11) is 0. The Labute approximate surface area is 198 Å².